The summed E-state index contributed by atoms with van der Waals surface area (Å²) in [6.07, 6.45) is 0. The van der Waals surface area contributed by atoms with Gasteiger partial charge in [-0.1, -0.05) is 19.1 Å². The second kappa shape index (κ2) is 5.34. The Bertz CT molecular complexity index is 480. The summed E-state index contributed by atoms with van der Waals surface area (Å²) in [7, 11) is 0. The normalized spacial score (nSPS) is 12.6. The van der Waals surface area contributed by atoms with Crippen LogP contribution in [0.25, 0.3) is 0 Å². The quantitative estimate of drug-likeness (QED) is 0.897. The average Bonchev–Trinajstić information content (AvgIpc) is 2.74. The first-order valence-electron chi connectivity index (χ1n) is 5.44. The van der Waals surface area contributed by atoms with Crippen molar-refractivity contribution in [1.82, 2.24) is 5.32 Å². The third kappa shape index (κ3) is 2.87. The number of benzene rings is 1. The zero-order valence-corrected chi connectivity index (χ0v) is 10.2. The highest BCUT2D eigenvalue weighted by molar-refractivity contribution is 6.28. The summed E-state index contributed by atoms with van der Waals surface area (Å²) < 4.78 is 18.3. The molecule has 0 radical (unpaired) electrons. The highest BCUT2D eigenvalue weighted by atomic mass is 35.5. The second-order valence-corrected chi connectivity index (χ2v) is 4.06. The molecule has 1 aromatic carbocycles. The second-order valence-electron chi connectivity index (χ2n) is 3.68. The highest BCUT2D eigenvalue weighted by Gasteiger charge is 2.16. The maximum atomic E-state index is 12.9. The van der Waals surface area contributed by atoms with Crippen LogP contribution in [0.5, 0.6) is 0 Å². The zero-order chi connectivity index (χ0) is 12.3. The van der Waals surface area contributed by atoms with Crippen LogP contribution in [-0.2, 0) is 0 Å². The van der Waals surface area contributed by atoms with Crippen LogP contribution in [0, 0.1) is 5.82 Å². The Morgan fingerprint density at radius 2 is 1.94 bits per heavy atom. The van der Waals surface area contributed by atoms with E-state index in [2.05, 4.69) is 5.32 Å². The van der Waals surface area contributed by atoms with E-state index in [4.69, 9.17) is 16.0 Å². The Hall–Kier alpha value is -1.32. The van der Waals surface area contributed by atoms with Gasteiger partial charge in [0.2, 0.25) is 0 Å². The Labute approximate surface area is 104 Å². The van der Waals surface area contributed by atoms with Crippen molar-refractivity contribution in [2.45, 2.75) is 13.0 Å². The number of hydrogen-bond donors (Lipinski definition) is 1. The van der Waals surface area contributed by atoms with Gasteiger partial charge in [0.1, 0.15) is 11.6 Å². The van der Waals surface area contributed by atoms with E-state index in [1.165, 1.54) is 12.1 Å². The number of furan rings is 1. The first-order valence-corrected chi connectivity index (χ1v) is 5.82. The van der Waals surface area contributed by atoms with Crippen LogP contribution in [0.15, 0.2) is 40.8 Å². The molecule has 1 heterocycles. The molecule has 0 amide bonds. The van der Waals surface area contributed by atoms with Crippen LogP contribution in [-0.4, -0.2) is 6.54 Å². The maximum Gasteiger partial charge on any atom is 0.193 e. The van der Waals surface area contributed by atoms with E-state index < -0.39 is 0 Å². The van der Waals surface area contributed by atoms with Gasteiger partial charge in [0.15, 0.2) is 5.22 Å². The molecule has 1 aromatic heterocycles. The van der Waals surface area contributed by atoms with Gasteiger partial charge in [-0.3, -0.25) is 0 Å². The van der Waals surface area contributed by atoms with Gasteiger partial charge in [0, 0.05) is 0 Å². The van der Waals surface area contributed by atoms with Crippen LogP contribution in [0.3, 0.4) is 0 Å². The van der Waals surface area contributed by atoms with Crippen LogP contribution < -0.4 is 5.32 Å². The Balaban J connectivity index is 2.31. The van der Waals surface area contributed by atoms with E-state index in [1.807, 2.05) is 13.0 Å². The van der Waals surface area contributed by atoms with E-state index in [-0.39, 0.29) is 11.9 Å². The standard InChI is InChI=1S/C13H13ClFNO/c1-2-16-13(11-7-8-12(14)17-11)9-3-5-10(15)6-4-9/h3-8,13,16H,2H2,1H3. The molecule has 2 rings (SSSR count). The maximum absolute atomic E-state index is 12.9. The lowest BCUT2D eigenvalue weighted by molar-refractivity contribution is 0.453. The molecule has 1 N–H and O–H groups in total. The van der Waals surface area contributed by atoms with E-state index >= 15 is 0 Å². The molecule has 0 saturated carbocycles. The van der Waals surface area contributed by atoms with Gasteiger partial charge in [-0.25, -0.2) is 4.39 Å². The van der Waals surface area contributed by atoms with Crippen molar-refractivity contribution in [3.8, 4) is 0 Å². The minimum atomic E-state index is -0.249. The molecule has 2 nitrogen and oxygen atoms in total. The van der Waals surface area contributed by atoms with Crippen molar-refractivity contribution >= 4 is 11.6 Å². The summed E-state index contributed by atoms with van der Waals surface area (Å²) in [5, 5.41) is 3.63. The third-order valence-electron chi connectivity index (χ3n) is 2.49. The van der Waals surface area contributed by atoms with Crippen molar-refractivity contribution < 1.29 is 8.81 Å². The summed E-state index contributed by atoms with van der Waals surface area (Å²) in [6.45, 7) is 2.78. The molecule has 2 aromatic rings. The fourth-order valence-electron chi connectivity index (χ4n) is 1.73. The molecule has 1 atom stereocenters. The molecule has 1 unspecified atom stereocenters. The Morgan fingerprint density at radius 1 is 1.24 bits per heavy atom. The summed E-state index contributed by atoms with van der Waals surface area (Å²) >= 11 is 5.76. The molecule has 0 spiro atoms. The van der Waals surface area contributed by atoms with Crippen molar-refractivity contribution in [1.29, 1.82) is 0 Å². The van der Waals surface area contributed by atoms with Crippen molar-refractivity contribution in [3.05, 3.63) is 58.8 Å². The van der Waals surface area contributed by atoms with E-state index in [0.29, 0.717) is 5.22 Å². The number of nitrogens with one attached hydrogen (secondary N) is 1. The topological polar surface area (TPSA) is 25.2 Å². The van der Waals surface area contributed by atoms with E-state index in [0.717, 1.165) is 17.9 Å². The number of hydrogen-bond acceptors (Lipinski definition) is 2. The minimum Gasteiger partial charge on any atom is -0.448 e. The molecule has 0 aliphatic heterocycles. The van der Waals surface area contributed by atoms with Gasteiger partial charge in [-0.05, 0) is 48.0 Å². The molecule has 0 bridgehead atoms. The summed E-state index contributed by atoms with van der Waals surface area (Å²) in [5.41, 5.74) is 0.944. The smallest absolute Gasteiger partial charge is 0.193 e. The molecular weight excluding hydrogens is 241 g/mol. The Kier molecular flexibility index (Phi) is 3.82. The average molecular weight is 254 g/mol. The summed E-state index contributed by atoms with van der Waals surface area (Å²) in [5.74, 6) is 0.477. The zero-order valence-electron chi connectivity index (χ0n) is 9.41. The van der Waals surface area contributed by atoms with Crippen LogP contribution in [0.2, 0.25) is 5.22 Å². The van der Waals surface area contributed by atoms with Gasteiger partial charge in [-0.15, -0.1) is 0 Å². The van der Waals surface area contributed by atoms with Crippen LogP contribution in [0.1, 0.15) is 24.3 Å². The predicted octanol–water partition coefficient (Wildman–Crippen LogP) is 3.77. The molecule has 0 aliphatic rings. The molecule has 4 heteroatoms. The fourth-order valence-corrected chi connectivity index (χ4v) is 1.88. The monoisotopic (exact) mass is 253 g/mol. The van der Waals surface area contributed by atoms with Gasteiger partial charge in [0.25, 0.3) is 0 Å². The van der Waals surface area contributed by atoms with Gasteiger partial charge >= 0.3 is 0 Å². The lowest BCUT2D eigenvalue weighted by Gasteiger charge is -2.15. The third-order valence-corrected chi connectivity index (χ3v) is 2.69. The SMILES string of the molecule is CCNC(c1ccc(F)cc1)c1ccc(Cl)o1. The van der Waals surface area contributed by atoms with Crippen LogP contribution in [0.4, 0.5) is 4.39 Å². The van der Waals surface area contributed by atoms with Gasteiger partial charge < -0.3 is 9.73 Å². The first-order chi connectivity index (χ1) is 8.20. The first kappa shape index (κ1) is 12.1. The lowest BCUT2D eigenvalue weighted by Crippen LogP contribution is -2.21. The minimum absolute atomic E-state index is 0.104. The van der Waals surface area contributed by atoms with Gasteiger partial charge in [-0.2, -0.15) is 0 Å². The van der Waals surface area contributed by atoms with E-state index in [9.17, 15) is 4.39 Å². The van der Waals surface area contributed by atoms with Gasteiger partial charge in [0.05, 0.1) is 6.04 Å². The largest absolute Gasteiger partial charge is 0.448 e. The molecule has 0 saturated heterocycles. The lowest BCUT2D eigenvalue weighted by atomic mass is 10.0. The predicted molar refractivity (Wildman–Crippen MR) is 65.6 cm³/mol. The number of rotatable bonds is 4. The van der Waals surface area contributed by atoms with Crippen molar-refractivity contribution in [2.24, 2.45) is 0 Å². The molecule has 90 valence electrons. The summed E-state index contributed by atoms with van der Waals surface area (Å²) in [6, 6.07) is 9.75. The van der Waals surface area contributed by atoms with Crippen molar-refractivity contribution in [2.75, 3.05) is 6.54 Å². The molecular formula is C13H13ClFNO. The highest BCUT2D eigenvalue weighted by Crippen LogP contribution is 2.25. The molecule has 0 aliphatic carbocycles. The summed E-state index contributed by atoms with van der Waals surface area (Å²) in [4.78, 5) is 0. The number of halogens is 2. The molecule has 17 heavy (non-hydrogen) atoms. The fraction of sp³-hybridized carbons (Fsp3) is 0.231. The van der Waals surface area contributed by atoms with E-state index in [1.54, 1.807) is 18.2 Å². The van der Waals surface area contributed by atoms with Crippen molar-refractivity contribution in [3.63, 3.8) is 0 Å². The Morgan fingerprint density at radius 3 is 2.47 bits per heavy atom. The van der Waals surface area contributed by atoms with Crippen LogP contribution >= 0.6 is 11.6 Å². The molecule has 0 fully saturated rings.